The van der Waals surface area contributed by atoms with Gasteiger partial charge in [0.2, 0.25) is 29.5 Å². The summed E-state index contributed by atoms with van der Waals surface area (Å²) in [6, 6.07) is 4.61. The molecule has 1 heterocycles. The van der Waals surface area contributed by atoms with Gasteiger partial charge in [-0.05, 0) is 48.5 Å². The van der Waals surface area contributed by atoms with Crippen molar-refractivity contribution in [2.24, 2.45) is 23.7 Å². The number of benzene rings is 1. The third-order valence-corrected chi connectivity index (χ3v) is 7.18. The molecule has 0 aliphatic carbocycles. The van der Waals surface area contributed by atoms with Crippen LogP contribution in [0.4, 0.5) is 0 Å². The first kappa shape index (κ1) is 34.8. The van der Waals surface area contributed by atoms with Crippen LogP contribution in [0.5, 0.6) is 0 Å². The molecule has 0 aromatic heterocycles. The van der Waals surface area contributed by atoms with Gasteiger partial charge < -0.3 is 26.6 Å². The van der Waals surface area contributed by atoms with Crippen molar-refractivity contribution in [2.75, 3.05) is 0 Å². The average Bonchev–Trinajstić information content (AvgIpc) is 2.89. The highest BCUT2D eigenvalue weighted by Crippen LogP contribution is 2.14. The van der Waals surface area contributed by atoms with Gasteiger partial charge in [-0.2, -0.15) is 0 Å². The predicted octanol–water partition coefficient (Wildman–Crippen LogP) is 2.46. The highest BCUT2D eigenvalue weighted by Gasteiger charge is 2.36. The van der Waals surface area contributed by atoms with Gasteiger partial charge in [0.15, 0.2) is 0 Å². The second kappa shape index (κ2) is 16.3. The van der Waals surface area contributed by atoms with Gasteiger partial charge in [-0.3, -0.25) is 24.0 Å². The van der Waals surface area contributed by atoms with E-state index in [-0.39, 0.29) is 30.1 Å². The molecule has 0 spiro atoms. The van der Waals surface area contributed by atoms with Crippen LogP contribution < -0.4 is 26.6 Å². The summed E-state index contributed by atoms with van der Waals surface area (Å²) in [6.07, 6.45) is 1.21. The summed E-state index contributed by atoms with van der Waals surface area (Å²) in [4.78, 5) is 68.0. The highest BCUT2D eigenvalue weighted by atomic mass is 16.2. The number of amides is 5. The highest BCUT2D eigenvalue weighted by molar-refractivity contribution is 5.98. The molecular formula is C32H51N5O5. The van der Waals surface area contributed by atoms with Crippen LogP contribution >= 0.6 is 0 Å². The van der Waals surface area contributed by atoms with Crippen molar-refractivity contribution < 1.29 is 24.0 Å². The Morgan fingerprint density at radius 3 is 1.26 bits per heavy atom. The molecule has 0 saturated carbocycles. The van der Waals surface area contributed by atoms with Crippen LogP contribution in [-0.2, 0) is 30.4 Å². The summed E-state index contributed by atoms with van der Waals surface area (Å²) in [5.41, 5.74) is 0.830. The molecule has 2 rings (SSSR count). The Hall–Kier alpha value is -3.43. The molecule has 234 valence electrons. The molecule has 0 unspecified atom stereocenters. The largest absolute Gasteiger partial charge is 0.343 e. The molecular weight excluding hydrogens is 534 g/mol. The van der Waals surface area contributed by atoms with Gasteiger partial charge in [0.25, 0.3) is 0 Å². The lowest BCUT2D eigenvalue weighted by molar-refractivity contribution is -0.135. The fourth-order valence-corrected chi connectivity index (χ4v) is 5.04. The van der Waals surface area contributed by atoms with Gasteiger partial charge >= 0.3 is 0 Å². The van der Waals surface area contributed by atoms with Gasteiger partial charge in [0.05, 0.1) is 0 Å². The van der Waals surface area contributed by atoms with E-state index in [9.17, 15) is 24.0 Å². The van der Waals surface area contributed by atoms with E-state index in [0.29, 0.717) is 19.3 Å². The first-order valence-corrected chi connectivity index (χ1v) is 15.2. The molecule has 0 bridgehead atoms. The maximum atomic E-state index is 13.7. The van der Waals surface area contributed by atoms with E-state index in [2.05, 4.69) is 26.6 Å². The Kier molecular flexibility index (Phi) is 13.5. The van der Waals surface area contributed by atoms with E-state index in [1.54, 1.807) is 0 Å². The fraction of sp³-hybridized carbons (Fsp3) is 0.656. The normalized spacial score (nSPS) is 25.0. The summed E-state index contributed by atoms with van der Waals surface area (Å²) in [6.45, 7) is 15.3. The van der Waals surface area contributed by atoms with Crippen LogP contribution in [0.2, 0.25) is 0 Å². The summed E-state index contributed by atoms with van der Waals surface area (Å²) in [5.74, 6) is -2.57. The molecule has 1 aromatic rings. The molecule has 10 heteroatoms. The molecule has 10 nitrogen and oxygen atoms in total. The summed E-state index contributed by atoms with van der Waals surface area (Å²) >= 11 is 0. The minimum Gasteiger partial charge on any atom is -0.343 e. The maximum Gasteiger partial charge on any atom is 0.243 e. The van der Waals surface area contributed by atoms with Crippen LogP contribution in [0.15, 0.2) is 30.3 Å². The van der Waals surface area contributed by atoms with E-state index in [1.807, 2.05) is 85.7 Å². The molecule has 0 radical (unpaired) electrons. The first-order valence-electron chi connectivity index (χ1n) is 15.2. The topological polar surface area (TPSA) is 146 Å². The SMILES string of the molecule is CC(C)C[C@@H]1NC(=O)[C@H](C(C)C)NC(=O)[C@@H](CC(C)C)NC(=O)[C@@H](CC(C)C)NC(=O)[C@H](Cc2ccccc2)NC1=O. The lowest BCUT2D eigenvalue weighted by atomic mass is 9.98. The minimum atomic E-state index is -0.994. The van der Waals surface area contributed by atoms with Crippen LogP contribution in [0.3, 0.4) is 0 Å². The van der Waals surface area contributed by atoms with E-state index in [1.165, 1.54) is 0 Å². The van der Waals surface area contributed by atoms with Crippen molar-refractivity contribution in [3.05, 3.63) is 35.9 Å². The number of carbonyl (C=O) groups excluding carboxylic acids is 5. The Bertz CT molecular complexity index is 1070. The van der Waals surface area contributed by atoms with Crippen molar-refractivity contribution in [3.8, 4) is 0 Å². The van der Waals surface area contributed by atoms with E-state index in [0.717, 1.165) is 5.56 Å². The summed E-state index contributed by atoms with van der Waals surface area (Å²) in [5, 5.41) is 14.2. The zero-order valence-electron chi connectivity index (χ0n) is 26.5. The Morgan fingerprint density at radius 2 is 0.857 bits per heavy atom. The number of carbonyl (C=O) groups is 5. The first-order chi connectivity index (χ1) is 19.7. The zero-order valence-corrected chi connectivity index (χ0v) is 26.5. The molecule has 1 aromatic carbocycles. The van der Waals surface area contributed by atoms with Crippen molar-refractivity contribution >= 4 is 29.5 Å². The molecule has 5 N–H and O–H groups in total. The van der Waals surface area contributed by atoms with Crippen molar-refractivity contribution in [3.63, 3.8) is 0 Å². The summed E-state index contributed by atoms with van der Waals surface area (Å²) < 4.78 is 0. The lowest BCUT2D eigenvalue weighted by Crippen LogP contribution is -2.59. The van der Waals surface area contributed by atoms with Gasteiger partial charge in [0, 0.05) is 6.42 Å². The molecule has 5 amide bonds. The predicted molar refractivity (Wildman–Crippen MR) is 163 cm³/mol. The van der Waals surface area contributed by atoms with Gasteiger partial charge in [0.1, 0.15) is 30.2 Å². The monoisotopic (exact) mass is 585 g/mol. The molecule has 5 atom stereocenters. The van der Waals surface area contributed by atoms with Crippen molar-refractivity contribution in [1.82, 2.24) is 26.6 Å². The number of hydrogen-bond acceptors (Lipinski definition) is 5. The maximum absolute atomic E-state index is 13.7. The molecule has 1 aliphatic heterocycles. The smallest absolute Gasteiger partial charge is 0.243 e. The van der Waals surface area contributed by atoms with Gasteiger partial charge in [-0.1, -0.05) is 85.7 Å². The van der Waals surface area contributed by atoms with Crippen LogP contribution in [0.25, 0.3) is 0 Å². The number of rotatable bonds is 9. The lowest BCUT2D eigenvalue weighted by Gasteiger charge is -2.28. The number of nitrogens with one attached hydrogen (secondary N) is 5. The quantitative estimate of drug-likeness (QED) is 0.302. The van der Waals surface area contributed by atoms with E-state index in [4.69, 9.17) is 0 Å². The van der Waals surface area contributed by atoms with Gasteiger partial charge in [-0.15, -0.1) is 0 Å². The minimum absolute atomic E-state index is 0.0595. The van der Waals surface area contributed by atoms with Crippen molar-refractivity contribution in [1.29, 1.82) is 0 Å². The van der Waals surface area contributed by atoms with E-state index >= 15 is 0 Å². The molecule has 1 aliphatic rings. The molecule has 42 heavy (non-hydrogen) atoms. The standard InChI is InChI=1S/C32H51N5O5/c1-18(2)14-23-28(38)34-25(16-20(5)6)31(41)37-27(21(7)8)32(42)36-24(15-19(3)4)29(39)35-26(30(40)33-23)17-22-12-10-9-11-13-22/h9-13,18-21,23-27H,14-17H2,1-8H3,(H,33,40)(H,34,38)(H,35,39)(H,36,42)(H,37,41)/t23-,24+,25-,26+,27+/m1/s1. The second-order valence-corrected chi connectivity index (χ2v) is 13.1. The molecule has 1 fully saturated rings. The average molecular weight is 586 g/mol. The summed E-state index contributed by atoms with van der Waals surface area (Å²) in [7, 11) is 0. The Balaban J connectivity index is 2.59. The van der Waals surface area contributed by atoms with Crippen LogP contribution in [-0.4, -0.2) is 59.7 Å². The van der Waals surface area contributed by atoms with Crippen molar-refractivity contribution in [2.45, 2.75) is 111 Å². The van der Waals surface area contributed by atoms with Gasteiger partial charge in [-0.25, -0.2) is 0 Å². The Morgan fingerprint density at radius 1 is 0.500 bits per heavy atom. The number of hydrogen-bond donors (Lipinski definition) is 5. The fourth-order valence-electron chi connectivity index (χ4n) is 5.04. The second-order valence-electron chi connectivity index (χ2n) is 13.1. The third kappa shape index (κ3) is 11.1. The van der Waals surface area contributed by atoms with Crippen LogP contribution in [0, 0.1) is 23.7 Å². The molecule has 1 saturated heterocycles. The van der Waals surface area contributed by atoms with E-state index < -0.39 is 59.7 Å². The third-order valence-electron chi connectivity index (χ3n) is 7.18. The Labute approximate surface area is 250 Å². The van der Waals surface area contributed by atoms with Crippen LogP contribution in [0.1, 0.15) is 80.2 Å². The zero-order chi connectivity index (χ0) is 31.6.